The first-order chi connectivity index (χ1) is 12.4. The number of hydrogen-bond acceptors (Lipinski definition) is 5. The highest BCUT2D eigenvalue weighted by atomic mass is 32.2. The van der Waals surface area contributed by atoms with E-state index in [1.165, 1.54) is 23.4 Å². The highest BCUT2D eigenvalue weighted by Gasteiger charge is 2.19. The van der Waals surface area contributed by atoms with Gasteiger partial charge in [0, 0.05) is 18.3 Å². The number of aromatic nitrogens is 2. The van der Waals surface area contributed by atoms with Crippen molar-refractivity contribution >= 4 is 21.7 Å². The minimum Gasteiger partial charge on any atom is -0.378 e. The molecule has 3 rings (SSSR count). The third-order valence-corrected chi connectivity index (χ3v) is 4.95. The third-order valence-electron chi connectivity index (χ3n) is 3.78. The second kappa shape index (κ2) is 7.01. The van der Waals surface area contributed by atoms with Gasteiger partial charge in [-0.2, -0.15) is 8.42 Å². The summed E-state index contributed by atoms with van der Waals surface area (Å²) in [4.78, 5) is 20.1. The Morgan fingerprint density at radius 3 is 2.31 bits per heavy atom. The second-order valence-electron chi connectivity index (χ2n) is 5.68. The lowest BCUT2D eigenvalue weighted by atomic mass is 10.1. The van der Waals surface area contributed by atoms with Gasteiger partial charge in [0.1, 0.15) is 5.75 Å². The molecule has 0 saturated carbocycles. The second-order valence-corrected chi connectivity index (χ2v) is 7.19. The van der Waals surface area contributed by atoms with E-state index < -0.39 is 10.1 Å². The Morgan fingerprint density at radius 1 is 1.08 bits per heavy atom. The standard InChI is InChI=1S/C18H17N3O4S/c1-13-3-5-14(6-4-13)18(22)21(2)15-7-9-16(10-8-15)25-26(23,24)17-11-19-12-20-17/h3-12H,1-2H3,(H,19,20). The first kappa shape index (κ1) is 17.7. The normalized spacial score (nSPS) is 11.2. The Hall–Kier alpha value is -3.13. The highest BCUT2D eigenvalue weighted by molar-refractivity contribution is 7.87. The summed E-state index contributed by atoms with van der Waals surface area (Å²) in [6.07, 6.45) is 2.42. The van der Waals surface area contributed by atoms with Crippen LogP contribution in [-0.4, -0.2) is 31.3 Å². The van der Waals surface area contributed by atoms with E-state index >= 15 is 0 Å². The van der Waals surface area contributed by atoms with Gasteiger partial charge >= 0.3 is 10.1 Å². The smallest absolute Gasteiger partial charge is 0.356 e. The number of imidazole rings is 1. The zero-order chi connectivity index (χ0) is 18.7. The molecule has 7 nitrogen and oxygen atoms in total. The maximum Gasteiger partial charge on any atom is 0.356 e. The summed E-state index contributed by atoms with van der Waals surface area (Å²) in [5, 5.41) is -0.131. The van der Waals surface area contributed by atoms with Crippen molar-refractivity contribution in [2.75, 3.05) is 11.9 Å². The minimum atomic E-state index is -3.97. The summed E-state index contributed by atoms with van der Waals surface area (Å²) in [5.41, 5.74) is 2.26. The van der Waals surface area contributed by atoms with Crippen LogP contribution in [0.2, 0.25) is 0 Å². The van der Waals surface area contributed by atoms with Gasteiger partial charge in [0.05, 0.1) is 12.5 Å². The van der Waals surface area contributed by atoms with Crippen LogP contribution in [0.15, 0.2) is 66.1 Å². The number of nitrogens with zero attached hydrogens (tertiary/aromatic N) is 2. The molecule has 0 aliphatic rings. The van der Waals surface area contributed by atoms with Gasteiger partial charge in [-0.15, -0.1) is 0 Å². The van der Waals surface area contributed by atoms with Crippen molar-refractivity contribution in [3.8, 4) is 5.75 Å². The number of carbonyl (C=O) groups is 1. The fourth-order valence-electron chi connectivity index (χ4n) is 2.28. The molecule has 0 aliphatic heterocycles. The van der Waals surface area contributed by atoms with Crippen LogP contribution >= 0.6 is 0 Å². The molecule has 0 radical (unpaired) electrons. The Bertz CT molecular complexity index is 996. The molecule has 8 heteroatoms. The van der Waals surface area contributed by atoms with Gasteiger partial charge < -0.3 is 14.1 Å². The first-order valence-corrected chi connectivity index (χ1v) is 9.15. The van der Waals surface area contributed by atoms with Crippen molar-refractivity contribution in [2.24, 2.45) is 0 Å². The number of carbonyl (C=O) groups excluding carboxylic acids is 1. The van der Waals surface area contributed by atoms with Crippen molar-refractivity contribution < 1.29 is 17.4 Å². The number of hydrogen-bond donors (Lipinski definition) is 1. The molecule has 0 bridgehead atoms. The number of aryl methyl sites for hydroxylation is 1. The molecule has 2 aromatic carbocycles. The van der Waals surface area contributed by atoms with Crippen molar-refractivity contribution in [2.45, 2.75) is 11.9 Å². The average molecular weight is 371 g/mol. The zero-order valence-electron chi connectivity index (χ0n) is 14.2. The summed E-state index contributed by atoms with van der Waals surface area (Å²) in [6, 6.07) is 13.5. The first-order valence-electron chi connectivity index (χ1n) is 7.74. The molecule has 1 aromatic heterocycles. The largest absolute Gasteiger partial charge is 0.378 e. The summed E-state index contributed by atoms with van der Waals surface area (Å²) in [5.74, 6) is -0.0247. The number of amides is 1. The van der Waals surface area contributed by atoms with Gasteiger partial charge in [0.15, 0.2) is 5.03 Å². The van der Waals surface area contributed by atoms with Crippen LogP contribution in [0.3, 0.4) is 0 Å². The van der Waals surface area contributed by atoms with Gasteiger partial charge in [-0.1, -0.05) is 17.7 Å². The molecular weight excluding hydrogens is 354 g/mol. The van der Waals surface area contributed by atoms with Gasteiger partial charge in [0.25, 0.3) is 5.91 Å². The lowest BCUT2D eigenvalue weighted by molar-refractivity contribution is 0.0993. The quantitative estimate of drug-likeness (QED) is 0.696. The maximum atomic E-state index is 12.5. The highest BCUT2D eigenvalue weighted by Crippen LogP contribution is 2.22. The number of nitrogens with one attached hydrogen (secondary N) is 1. The van der Waals surface area contributed by atoms with E-state index in [1.54, 1.807) is 31.3 Å². The predicted molar refractivity (Wildman–Crippen MR) is 96.8 cm³/mol. The van der Waals surface area contributed by atoms with Crippen LogP contribution in [0.1, 0.15) is 15.9 Å². The molecule has 0 spiro atoms. The molecule has 0 atom stereocenters. The van der Waals surface area contributed by atoms with Gasteiger partial charge in [-0.3, -0.25) is 4.79 Å². The molecule has 3 aromatic rings. The van der Waals surface area contributed by atoms with E-state index in [1.807, 2.05) is 19.1 Å². The number of benzene rings is 2. The average Bonchev–Trinajstić information content (AvgIpc) is 3.17. The van der Waals surface area contributed by atoms with Gasteiger partial charge in [0.2, 0.25) is 0 Å². The third kappa shape index (κ3) is 3.75. The summed E-state index contributed by atoms with van der Waals surface area (Å²) >= 11 is 0. The fourth-order valence-corrected chi connectivity index (χ4v) is 3.13. The maximum absolute atomic E-state index is 12.5. The Kier molecular flexibility index (Phi) is 4.77. The molecule has 0 unspecified atom stereocenters. The van der Waals surface area contributed by atoms with Crippen LogP contribution in [0.25, 0.3) is 0 Å². The molecule has 1 amide bonds. The SMILES string of the molecule is Cc1ccc(C(=O)N(C)c2ccc(OS(=O)(=O)c3cnc[nH]3)cc2)cc1. The Labute approximate surface area is 151 Å². The summed E-state index contributed by atoms with van der Waals surface area (Å²) in [6.45, 7) is 1.95. The molecule has 0 fully saturated rings. The van der Waals surface area contributed by atoms with Crippen LogP contribution in [0, 0.1) is 6.92 Å². The molecule has 134 valence electrons. The van der Waals surface area contributed by atoms with E-state index in [2.05, 4.69) is 9.97 Å². The molecule has 1 heterocycles. The lowest BCUT2D eigenvalue weighted by Crippen LogP contribution is -2.26. The Balaban J connectivity index is 1.74. The molecule has 26 heavy (non-hydrogen) atoms. The van der Waals surface area contributed by atoms with Crippen molar-refractivity contribution in [3.05, 3.63) is 72.2 Å². The topological polar surface area (TPSA) is 92.4 Å². The summed E-state index contributed by atoms with van der Waals surface area (Å²) < 4.78 is 29.1. The molecular formula is C18H17N3O4S. The number of aromatic amines is 1. The van der Waals surface area contributed by atoms with Crippen molar-refractivity contribution in [1.82, 2.24) is 9.97 Å². The van der Waals surface area contributed by atoms with Crippen LogP contribution in [0.5, 0.6) is 5.75 Å². The van der Waals surface area contributed by atoms with E-state index in [0.717, 1.165) is 11.8 Å². The van der Waals surface area contributed by atoms with E-state index in [-0.39, 0.29) is 16.7 Å². The van der Waals surface area contributed by atoms with Crippen molar-refractivity contribution in [1.29, 1.82) is 0 Å². The van der Waals surface area contributed by atoms with Crippen LogP contribution < -0.4 is 9.08 Å². The Morgan fingerprint density at radius 2 is 1.73 bits per heavy atom. The van der Waals surface area contributed by atoms with Crippen LogP contribution in [-0.2, 0) is 10.1 Å². The molecule has 1 N–H and O–H groups in total. The minimum absolute atomic E-state index is 0.131. The number of rotatable bonds is 5. The van der Waals surface area contributed by atoms with E-state index in [0.29, 0.717) is 11.3 Å². The van der Waals surface area contributed by atoms with Gasteiger partial charge in [-0.25, -0.2) is 4.98 Å². The number of H-pyrrole nitrogens is 1. The monoisotopic (exact) mass is 371 g/mol. The van der Waals surface area contributed by atoms with E-state index in [4.69, 9.17) is 4.18 Å². The number of anilines is 1. The van der Waals surface area contributed by atoms with Crippen molar-refractivity contribution in [3.63, 3.8) is 0 Å². The van der Waals surface area contributed by atoms with Gasteiger partial charge in [-0.05, 0) is 43.3 Å². The zero-order valence-corrected chi connectivity index (χ0v) is 15.0. The molecule has 0 aliphatic carbocycles. The molecule has 0 saturated heterocycles. The van der Waals surface area contributed by atoms with Crippen LogP contribution in [0.4, 0.5) is 5.69 Å². The lowest BCUT2D eigenvalue weighted by Gasteiger charge is -2.18. The van der Waals surface area contributed by atoms with E-state index in [9.17, 15) is 13.2 Å². The predicted octanol–water partition coefficient (Wildman–Crippen LogP) is 2.76. The fraction of sp³-hybridized carbons (Fsp3) is 0.111. The summed E-state index contributed by atoms with van der Waals surface area (Å²) in [7, 11) is -2.31.